The van der Waals surface area contributed by atoms with Gasteiger partial charge in [-0.15, -0.1) is 0 Å². The van der Waals surface area contributed by atoms with Crippen molar-refractivity contribution in [2.75, 3.05) is 28.2 Å². The first-order chi connectivity index (χ1) is 14.3. The fourth-order valence-electron chi connectivity index (χ4n) is 3.06. The summed E-state index contributed by atoms with van der Waals surface area (Å²) >= 11 is 0. The molecule has 0 heterocycles. The van der Waals surface area contributed by atoms with Crippen LogP contribution < -0.4 is 9.47 Å². The van der Waals surface area contributed by atoms with Gasteiger partial charge in [-0.25, -0.2) is 0 Å². The van der Waals surface area contributed by atoms with Crippen molar-refractivity contribution in [2.24, 2.45) is 0 Å². The highest BCUT2D eigenvalue weighted by molar-refractivity contribution is 5.45. The molecule has 0 aliphatic heterocycles. The van der Waals surface area contributed by atoms with E-state index < -0.39 is 0 Å². The van der Waals surface area contributed by atoms with Crippen LogP contribution in [0.5, 0.6) is 34.5 Å². The summed E-state index contributed by atoms with van der Waals surface area (Å²) in [4.78, 5) is 3.96. The Morgan fingerprint density at radius 1 is 0.600 bits per heavy atom. The van der Waals surface area contributed by atoms with Gasteiger partial charge in [-0.3, -0.25) is 0 Å². The van der Waals surface area contributed by atoms with E-state index in [1.54, 1.807) is 30.3 Å². The molecule has 3 aromatic rings. The summed E-state index contributed by atoms with van der Waals surface area (Å²) in [5.74, 6) is 3.02. The van der Waals surface area contributed by atoms with E-state index >= 15 is 0 Å². The molecule has 3 rings (SSSR count). The van der Waals surface area contributed by atoms with E-state index in [1.807, 2.05) is 68.3 Å². The van der Waals surface area contributed by atoms with Crippen molar-refractivity contribution < 1.29 is 19.7 Å². The lowest BCUT2D eigenvalue weighted by molar-refractivity contribution is 0.383. The molecule has 0 amide bonds. The first-order valence-electron chi connectivity index (χ1n) is 9.69. The van der Waals surface area contributed by atoms with Crippen molar-refractivity contribution in [1.82, 2.24) is 9.80 Å². The normalized spacial score (nSPS) is 11.1. The lowest BCUT2D eigenvalue weighted by atomic mass is 10.2. The monoisotopic (exact) mass is 408 g/mol. The Morgan fingerprint density at radius 2 is 1.00 bits per heavy atom. The van der Waals surface area contributed by atoms with E-state index in [0.717, 1.165) is 11.1 Å². The van der Waals surface area contributed by atoms with E-state index in [-0.39, 0.29) is 11.5 Å². The molecule has 0 saturated heterocycles. The smallest absolute Gasteiger partial charge is 0.131 e. The predicted octanol–water partition coefficient (Wildman–Crippen LogP) is 4.81. The van der Waals surface area contributed by atoms with E-state index in [4.69, 9.17) is 9.47 Å². The Hall–Kier alpha value is -3.22. The Bertz CT molecular complexity index is 925. The summed E-state index contributed by atoms with van der Waals surface area (Å²) in [5.41, 5.74) is 1.59. The molecule has 6 nitrogen and oxygen atoms in total. The Labute approximate surface area is 177 Å². The molecule has 0 aliphatic carbocycles. The molecule has 0 unspecified atom stereocenters. The standard InChI is InChI=1S/C24H28N2O4/c1-25(2)15-17-12-21(8-10-23(17)27)29-19-6-5-7-20(14-19)30-22-9-11-24(28)18(13-22)16-26(3)4/h5-14,27-28H,15-16H2,1-4H3. The Kier molecular flexibility index (Phi) is 6.82. The van der Waals surface area contributed by atoms with Gasteiger partial charge in [-0.1, -0.05) is 6.07 Å². The molecule has 0 spiro atoms. The van der Waals surface area contributed by atoms with Crippen molar-refractivity contribution in [2.45, 2.75) is 13.1 Å². The van der Waals surface area contributed by atoms with Crippen molar-refractivity contribution in [1.29, 1.82) is 0 Å². The zero-order valence-corrected chi connectivity index (χ0v) is 17.8. The highest BCUT2D eigenvalue weighted by atomic mass is 16.5. The van der Waals surface area contributed by atoms with E-state index in [0.29, 0.717) is 36.1 Å². The average Bonchev–Trinajstić information content (AvgIpc) is 2.67. The molecule has 0 fully saturated rings. The molecule has 0 bridgehead atoms. The summed E-state index contributed by atoms with van der Waals surface area (Å²) < 4.78 is 11.9. The first kappa shape index (κ1) is 21.5. The topological polar surface area (TPSA) is 65.4 Å². The minimum Gasteiger partial charge on any atom is -0.508 e. The number of aromatic hydroxyl groups is 2. The maximum atomic E-state index is 10.0. The molecule has 0 radical (unpaired) electrons. The van der Waals surface area contributed by atoms with Gasteiger partial charge < -0.3 is 29.5 Å². The molecule has 0 aromatic heterocycles. The molecule has 2 N–H and O–H groups in total. The second-order valence-corrected chi connectivity index (χ2v) is 7.74. The Morgan fingerprint density at radius 3 is 1.40 bits per heavy atom. The van der Waals surface area contributed by atoms with Gasteiger partial charge in [0, 0.05) is 30.3 Å². The quantitative estimate of drug-likeness (QED) is 0.558. The molecule has 0 atom stereocenters. The van der Waals surface area contributed by atoms with Crippen LogP contribution in [0.2, 0.25) is 0 Å². The van der Waals surface area contributed by atoms with Crippen LogP contribution in [0.3, 0.4) is 0 Å². The molecule has 0 aliphatic rings. The first-order valence-corrected chi connectivity index (χ1v) is 9.69. The van der Waals surface area contributed by atoms with E-state index in [1.165, 1.54) is 0 Å². The number of ether oxygens (including phenoxy) is 2. The summed E-state index contributed by atoms with van der Waals surface area (Å²) in [6.07, 6.45) is 0. The van der Waals surface area contributed by atoms with Crippen molar-refractivity contribution in [3.05, 3.63) is 71.8 Å². The fourth-order valence-corrected chi connectivity index (χ4v) is 3.06. The number of hydrogen-bond acceptors (Lipinski definition) is 6. The molecule has 158 valence electrons. The third-order valence-electron chi connectivity index (χ3n) is 4.35. The van der Waals surface area contributed by atoms with Gasteiger partial charge in [0.25, 0.3) is 0 Å². The maximum Gasteiger partial charge on any atom is 0.131 e. The molecule has 6 heteroatoms. The van der Waals surface area contributed by atoms with Crippen LogP contribution in [-0.4, -0.2) is 48.2 Å². The third kappa shape index (κ3) is 5.89. The number of phenolic OH excluding ortho intramolecular Hbond substituents is 2. The SMILES string of the molecule is CN(C)Cc1cc(Oc2cccc(Oc3ccc(O)c(CN(C)C)c3)c2)ccc1O. The zero-order chi connectivity index (χ0) is 21.7. The summed E-state index contributed by atoms with van der Waals surface area (Å²) in [6, 6.07) is 17.7. The minimum absolute atomic E-state index is 0.244. The molecule has 0 saturated carbocycles. The summed E-state index contributed by atoms with van der Waals surface area (Å²) in [5, 5.41) is 20.1. The Balaban J connectivity index is 1.76. The largest absolute Gasteiger partial charge is 0.508 e. The summed E-state index contributed by atoms with van der Waals surface area (Å²) in [6.45, 7) is 1.23. The number of rotatable bonds is 8. The van der Waals surface area contributed by atoms with Gasteiger partial charge in [0.2, 0.25) is 0 Å². The van der Waals surface area contributed by atoms with E-state index in [2.05, 4.69) is 0 Å². The van der Waals surface area contributed by atoms with Crippen molar-refractivity contribution >= 4 is 0 Å². The minimum atomic E-state index is 0.244. The highest BCUT2D eigenvalue weighted by Gasteiger charge is 2.09. The van der Waals surface area contributed by atoms with Crippen LogP contribution in [0.4, 0.5) is 0 Å². The van der Waals surface area contributed by atoms with Crippen LogP contribution in [0.1, 0.15) is 11.1 Å². The highest BCUT2D eigenvalue weighted by Crippen LogP contribution is 2.32. The number of hydrogen-bond donors (Lipinski definition) is 2. The maximum absolute atomic E-state index is 10.0. The second kappa shape index (κ2) is 9.52. The molecular weight excluding hydrogens is 380 g/mol. The lowest BCUT2D eigenvalue weighted by Crippen LogP contribution is -2.10. The predicted molar refractivity (Wildman–Crippen MR) is 118 cm³/mol. The van der Waals surface area contributed by atoms with Crippen LogP contribution in [0.25, 0.3) is 0 Å². The number of benzene rings is 3. The fraction of sp³-hybridized carbons (Fsp3) is 0.250. The van der Waals surface area contributed by atoms with Gasteiger partial charge in [0.15, 0.2) is 0 Å². The van der Waals surface area contributed by atoms with Crippen molar-refractivity contribution in [3.63, 3.8) is 0 Å². The average molecular weight is 408 g/mol. The zero-order valence-electron chi connectivity index (χ0n) is 17.8. The third-order valence-corrected chi connectivity index (χ3v) is 4.35. The van der Waals surface area contributed by atoms with Gasteiger partial charge in [0.1, 0.15) is 34.5 Å². The van der Waals surface area contributed by atoms with Crippen LogP contribution in [-0.2, 0) is 13.1 Å². The molecule has 30 heavy (non-hydrogen) atoms. The van der Waals surface area contributed by atoms with Crippen LogP contribution in [0.15, 0.2) is 60.7 Å². The van der Waals surface area contributed by atoms with Gasteiger partial charge in [-0.2, -0.15) is 0 Å². The number of nitrogens with zero attached hydrogens (tertiary/aromatic N) is 2. The van der Waals surface area contributed by atoms with Gasteiger partial charge in [-0.05, 0) is 76.7 Å². The van der Waals surface area contributed by atoms with E-state index in [9.17, 15) is 10.2 Å². The van der Waals surface area contributed by atoms with Crippen LogP contribution in [0, 0.1) is 0 Å². The summed E-state index contributed by atoms with van der Waals surface area (Å²) in [7, 11) is 7.78. The number of phenols is 2. The van der Waals surface area contributed by atoms with Gasteiger partial charge >= 0.3 is 0 Å². The second-order valence-electron chi connectivity index (χ2n) is 7.74. The van der Waals surface area contributed by atoms with Crippen molar-refractivity contribution in [3.8, 4) is 34.5 Å². The molecular formula is C24H28N2O4. The lowest BCUT2D eigenvalue weighted by Gasteiger charge is -2.14. The molecule has 3 aromatic carbocycles. The van der Waals surface area contributed by atoms with Gasteiger partial charge in [0.05, 0.1) is 0 Å². The van der Waals surface area contributed by atoms with Crippen LogP contribution >= 0.6 is 0 Å².